The average molecular weight is 321 g/mol. The number of nitrogens with zero attached hydrogens (tertiary/aromatic N) is 3. The summed E-state index contributed by atoms with van der Waals surface area (Å²) in [4.78, 5) is 0. The summed E-state index contributed by atoms with van der Waals surface area (Å²) in [7, 11) is 0. The summed E-state index contributed by atoms with van der Waals surface area (Å²) < 4.78 is 7.70. The van der Waals surface area contributed by atoms with E-state index in [0.29, 0.717) is 12.5 Å². The van der Waals surface area contributed by atoms with Gasteiger partial charge in [0, 0.05) is 12.7 Å². The lowest BCUT2D eigenvalue weighted by molar-refractivity contribution is 0.306. The minimum Gasteiger partial charge on any atom is -0.489 e. The highest BCUT2D eigenvalue weighted by atomic mass is 16.5. The standard InChI is InChI=1S/C20H23N3O/c1-3-23-14-19(21-22-23)13-16(2)18-9-11-20(12-10-18)24-15-17-7-5-4-6-8-17/h4-12,14,16H,3,13,15H2,1-2H3. The smallest absolute Gasteiger partial charge is 0.119 e. The zero-order chi connectivity index (χ0) is 16.8. The third-order valence-electron chi connectivity index (χ3n) is 4.12. The maximum absolute atomic E-state index is 5.84. The Kier molecular flexibility index (Phi) is 5.26. The zero-order valence-corrected chi connectivity index (χ0v) is 14.2. The van der Waals surface area contributed by atoms with E-state index in [9.17, 15) is 0 Å². The lowest BCUT2D eigenvalue weighted by Gasteiger charge is -2.12. The van der Waals surface area contributed by atoms with Crippen LogP contribution in [0.15, 0.2) is 60.8 Å². The molecular formula is C20H23N3O. The first-order chi connectivity index (χ1) is 11.7. The first-order valence-corrected chi connectivity index (χ1v) is 8.40. The number of rotatable bonds is 7. The zero-order valence-electron chi connectivity index (χ0n) is 14.2. The van der Waals surface area contributed by atoms with Gasteiger partial charge in [-0.05, 0) is 42.5 Å². The molecule has 4 heteroatoms. The van der Waals surface area contributed by atoms with Crippen LogP contribution in [0.5, 0.6) is 5.75 Å². The quantitative estimate of drug-likeness (QED) is 0.654. The van der Waals surface area contributed by atoms with Crippen molar-refractivity contribution in [2.45, 2.75) is 39.3 Å². The van der Waals surface area contributed by atoms with E-state index in [1.54, 1.807) is 0 Å². The third-order valence-corrected chi connectivity index (χ3v) is 4.12. The normalized spacial score (nSPS) is 12.1. The van der Waals surface area contributed by atoms with Gasteiger partial charge in [0.2, 0.25) is 0 Å². The van der Waals surface area contributed by atoms with Gasteiger partial charge in [0.25, 0.3) is 0 Å². The van der Waals surface area contributed by atoms with Crippen molar-refractivity contribution in [2.24, 2.45) is 0 Å². The molecule has 0 aliphatic carbocycles. The van der Waals surface area contributed by atoms with Gasteiger partial charge in [0.15, 0.2) is 0 Å². The second-order valence-electron chi connectivity index (χ2n) is 6.01. The summed E-state index contributed by atoms with van der Waals surface area (Å²) in [5, 5.41) is 8.32. The van der Waals surface area contributed by atoms with Crippen molar-refractivity contribution in [3.05, 3.63) is 77.6 Å². The van der Waals surface area contributed by atoms with Crippen molar-refractivity contribution in [3.63, 3.8) is 0 Å². The second kappa shape index (κ2) is 7.77. The molecule has 0 aliphatic heterocycles. The van der Waals surface area contributed by atoms with Crippen molar-refractivity contribution in [1.82, 2.24) is 15.0 Å². The molecule has 1 atom stereocenters. The molecule has 0 N–H and O–H groups in total. The number of ether oxygens (including phenoxy) is 1. The maximum Gasteiger partial charge on any atom is 0.119 e. The van der Waals surface area contributed by atoms with Crippen LogP contribution in [0.3, 0.4) is 0 Å². The molecule has 1 heterocycles. The number of benzene rings is 2. The Hall–Kier alpha value is -2.62. The molecule has 3 aromatic rings. The summed E-state index contributed by atoms with van der Waals surface area (Å²) in [5.41, 5.74) is 3.50. The van der Waals surface area contributed by atoms with Crippen LogP contribution in [0, 0.1) is 0 Å². The van der Waals surface area contributed by atoms with Crippen LogP contribution in [0.25, 0.3) is 0 Å². The van der Waals surface area contributed by atoms with E-state index in [4.69, 9.17) is 4.74 Å². The van der Waals surface area contributed by atoms with Gasteiger partial charge in [-0.25, -0.2) is 0 Å². The molecule has 0 fully saturated rings. The molecule has 0 radical (unpaired) electrons. The number of hydrogen-bond donors (Lipinski definition) is 0. The molecule has 3 rings (SSSR count). The Labute approximate surface area is 143 Å². The van der Waals surface area contributed by atoms with Gasteiger partial charge in [-0.15, -0.1) is 5.10 Å². The Morgan fingerprint density at radius 3 is 2.46 bits per heavy atom. The van der Waals surface area contributed by atoms with Crippen LogP contribution < -0.4 is 4.74 Å². The van der Waals surface area contributed by atoms with Crippen molar-refractivity contribution in [2.75, 3.05) is 0 Å². The van der Waals surface area contributed by atoms with Gasteiger partial charge in [0.1, 0.15) is 12.4 Å². The van der Waals surface area contributed by atoms with E-state index in [-0.39, 0.29) is 0 Å². The Balaban J connectivity index is 1.57. The topological polar surface area (TPSA) is 39.9 Å². The van der Waals surface area contributed by atoms with Crippen LogP contribution in [0.2, 0.25) is 0 Å². The highest BCUT2D eigenvalue weighted by Gasteiger charge is 2.10. The molecule has 0 bridgehead atoms. The second-order valence-corrected chi connectivity index (χ2v) is 6.01. The minimum absolute atomic E-state index is 0.398. The monoisotopic (exact) mass is 321 g/mol. The molecule has 0 saturated carbocycles. The van der Waals surface area contributed by atoms with Crippen LogP contribution >= 0.6 is 0 Å². The fraction of sp³-hybridized carbons (Fsp3) is 0.300. The Morgan fingerprint density at radius 2 is 1.79 bits per heavy atom. The van der Waals surface area contributed by atoms with E-state index in [0.717, 1.165) is 24.4 Å². The lowest BCUT2D eigenvalue weighted by Crippen LogP contribution is -2.00. The average Bonchev–Trinajstić information content (AvgIpc) is 3.09. The predicted molar refractivity (Wildman–Crippen MR) is 95.0 cm³/mol. The van der Waals surface area contributed by atoms with Crippen LogP contribution in [0.4, 0.5) is 0 Å². The largest absolute Gasteiger partial charge is 0.489 e. The Bertz CT molecular complexity index is 750. The van der Waals surface area contributed by atoms with Gasteiger partial charge in [-0.3, -0.25) is 4.68 Å². The molecule has 1 aromatic heterocycles. The van der Waals surface area contributed by atoms with Crippen LogP contribution in [0.1, 0.15) is 36.6 Å². The molecule has 2 aromatic carbocycles. The number of hydrogen-bond acceptors (Lipinski definition) is 3. The fourth-order valence-electron chi connectivity index (χ4n) is 2.65. The molecule has 1 unspecified atom stereocenters. The molecular weight excluding hydrogens is 298 g/mol. The van der Waals surface area contributed by atoms with Gasteiger partial charge >= 0.3 is 0 Å². The van der Waals surface area contributed by atoms with Gasteiger partial charge in [0.05, 0.1) is 5.69 Å². The highest BCUT2D eigenvalue weighted by molar-refractivity contribution is 5.30. The summed E-state index contributed by atoms with van der Waals surface area (Å²) >= 11 is 0. The Morgan fingerprint density at radius 1 is 1.04 bits per heavy atom. The summed E-state index contributed by atoms with van der Waals surface area (Å²) in [6.07, 6.45) is 2.91. The maximum atomic E-state index is 5.84. The first-order valence-electron chi connectivity index (χ1n) is 8.40. The van der Waals surface area contributed by atoms with E-state index in [1.165, 1.54) is 11.1 Å². The summed E-state index contributed by atoms with van der Waals surface area (Å²) in [6, 6.07) is 18.6. The number of aromatic nitrogens is 3. The minimum atomic E-state index is 0.398. The van der Waals surface area contributed by atoms with E-state index < -0.39 is 0 Å². The molecule has 0 saturated heterocycles. The number of aryl methyl sites for hydroxylation is 1. The van der Waals surface area contributed by atoms with Gasteiger partial charge in [-0.2, -0.15) is 0 Å². The molecule has 4 nitrogen and oxygen atoms in total. The van der Waals surface area contributed by atoms with E-state index in [2.05, 4.69) is 48.4 Å². The SMILES string of the molecule is CCn1cc(CC(C)c2ccc(OCc3ccccc3)cc2)nn1. The molecule has 0 amide bonds. The van der Waals surface area contributed by atoms with E-state index in [1.807, 2.05) is 41.2 Å². The first kappa shape index (κ1) is 16.2. The molecule has 24 heavy (non-hydrogen) atoms. The van der Waals surface area contributed by atoms with Gasteiger partial charge in [-0.1, -0.05) is 54.6 Å². The van der Waals surface area contributed by atoms with Crippen molar-refractivity contribution >= 4 is 0 Å². The van der Waals surface area contributed by atoms with Gasteiger partial charge < -0.3 is 4.74 Å². The van der Waals surface area contributed by atoms with Crippen molar-refractivity contribution in [3.8, 4) is 5.75 Å². The highest BCUT2D eigenvalue weighted by Crippen LogP contribution is 2.22. The molecule has 124 valence electrons. The van der Waals surface area contributed by atoms with Crippen LogP contribution in [-0.4, -0.2) is 15.0 Å². The predicted octanol–water partition coefficient (Wildman–Crippen LogP) is 4.22. The molecule has 0 aliphatic rings. The van der Waals surface area contributed by atoms with E-state index >= 15 is 0 Å². The van der Waals surface area contributed by atoms with Crippen molar-refractivity contribution < 1.29 is 4.74 Å². The molecule has 0 spiro atoms. The van der Waals surface area contributed by atoms with Crippen LogP contribution in [-0.2, 0) is 19.6 Å². The summed E-state index contributed by atoms with van der Waals surface area (Å²) in [5.74, 6) is 1.29. The fourth-order valence-corrected chi connectivity index (χ4v) is 2.65. The van der Waals surface area contributed by atoms with Crippen molar-refractivity contribution in [1.29, 1.82) is 0 Å². The summed E-state index contributed by atoms with van der Waals surface area (Å²) in [6.45, 7) is 5.73. The lowest BCUT2D eigenvalue weighted by atomic mass is 9.96. The third kappa shape index (κ3) is 4.22.